The molecule has 8 heteroatoms. The maximum Gasteiger partial charge on any atom is 0.262 e. The van der Waals surface area contributed by atoms with E-state index >= 15 is 0 Å². The Kier molecular flexibility index (Phi) is 3.73. The highest BCUT2D eigenvalue weighted by molar-refractivity contribution is 7.10. The van der Waals surface area contributed by atoms with Gasteiger partial charge in [-0.2, -0.15) is 5.10 Å². The molecule has 2 N–H and O–H groups in total. The van der Waals surface area contributed by atoms with Gasteiger partial charge in [-0.05, 0) is 18.2 Å². The van der Waals surface area contributed by atoms with E-state index in [0.29, 0.717) is 33.1 Å². The van der Waals surface area contributed by atoms with Gasteiger partial charge in [0.05, 0.1) is 23.5 Å². The van der Waals surface area contributed by atoms with Gasteiger partial charge in [0.25, 0.3) is 5.91 Å². The molecular weight excluding hydrogens is 341 g/mol. The molecular formula is C17H12FN5OS. The van der Waals surface area contributed by atoms with Crippen LogP contribution in [0.5, 0.6) is 0 Å². The molecule has 0 spiro atoms. The summed E-state index contributed by atoms with van der Waals surface area (Å²) in [6.45, 7) is 0.106. The summed E-state index contributed by atoms with van der Waals surface area (Å²) in [7, 11) is 0. The van der Waals surface area contributed by atoms with Crippen LogP contribution in [0.4, 0.5) is 4.39 Å². The number of halogens is 1. The van der Waals surface area contributed by atoms with Crippen molar-refractivity contribution in [3.8, 4) is 0 Å². The third-order valence-electron chi connectivity index (χ3n) is 4.02. The summed E-state index contributed by atoms with van der Waals surface area (Å²) in [5, 5.41) is 12.1. The minimum atomic E-state index is -0.360. The summed E-state index contributed by atoms with van der Waals surface area (Å²) in [4.78, 5) is 14.6. The van der Waals surface area contributed by atoms with Crippen LogP contribution < -0.4 is 5.84 Å². The molecule has 1 amide bonds. The molecule has 0 saturated heterocycles. The molecule has 1 aliphatic heterocycles. The largest absolute Gasteiger partial charge is 0.323 e. The number of benzene rings is 1. The number of aromatic nitrogens is 2. The van der Waals surface area contributed by atoms with Gasteiger partial charge in [-0.25, -0.2) is 4.39 Å². The summed E-state index contributed by atoms with van der Waals surface area (Å²) >= 11 is 1.25. The Morgan fingerprint density at radius 1 is 1.28 bits per heavy atom. The molecule has 1 aromatic carbocycles. The predicted octanol–water partition coefficient (Wildman–Crippen LogP) is 2.24. The minimum Gasteiger partial charge on any atom is -0.323 e. The van der Waals surface area contributed by atoms with Crippen LogP contribution in [0.1, 0.15) is 10.6 Å². The van der Waals surface area contributed by atoms with E-state index in [0.717, 1.165) is 0 Å². The first-order valence-electron chi connectivity index (χ1n) is 7.43. The Morgan fingerprint density at radius 3 is 2.84 bits per heavy atom. The number of amides is 1. The van der Waals surface area contributed by atoms with Crippen molar-refractivity contribution in [2.24, 2.45) is 10.9 Å². The first kappa shape index (κ1) is 15.4. The minimum absolute atomic E-state index is 0.106. The van der Waals surface area contributed by atoms with Crippen LogP contribution in [-0.2, 0) is 11.3 Å². The van der Waals surface area contributed by atoms with Crippen molar-refractivity contribution in [2.45, 2.75) is 6.54 Å². The molecule has 0 radical (unpaired) electrons. The van der Waals surface area contributed by atoms with Gasteiger partial charge in [0.2, 0.25) is 0 Å². The van der Waals surface area contributed by atoms with Crippen LogP contribution in [0.3, 0.4) is 0 Å². The first-order valence-corrected chi connectivity index (χ1v) is 8.31. The van der Waals surface area contributed by atoms with Crippen molar-refractivity contribution < 1.29 is 9.18 Å². The van der Waals surface area contributed by atoms with Crippen molar-refractivity contribution in [2.75, 3.05) is 0 Å². The van der Waals surface area contributed by atoms with Gasteiger partial charge >= 0.3 is 0 Å². The van der Waals surface area contributed by atoms with Crippen LogP contribution >= 0.6 is 11.3 Å². The molecule has 0 fully saturated rings. The number of carbonyl (C=O) groups excluding carboxylic acids is 1. The number of hydrazone groups is 1. The molecule has 124 valence electrons. The molecule has 25 heavy (non-hydrogen) atoms. The van der Waals surface area contributed by atoms with E-state index in [9.17, 15) is 9.18 Å². The Morgan fingerprint density at radius 2 is 2.12 bits per heavy atom. The third-order valence-corrected chi connectivity index (χ3v) is 4.73. The number of nitrogens with zero attached hydrogens (tertiary/aromatic N) is 4. The molecule has 2 aliphatic rings. The highest BCUT2D eigenvalue weighted by Crippen LogP contribution is 2.39. The van der Waals surface area contributed by atoms with E-state index < -0.39 is 0 Å². The number of rotatable bonds is 3. The summed E-state index contributed by atoms with van der Waals surface area (Å²) in [6.07, 6.45) is 5.27. The average Bonchev–Trinajstić information content (AvgIpc) is 3.24. The highest BCUT2D eigenvalue weighted by Gasteiger charge is 2.39. The number of carbonyl (C=O) groups is 1. The molecule has 2 heterocycles. The monoisotopic (exact) mass is 353 g/mol. The highest BCUT2D eigenvalue weighted by atomic mass is 32.1. The quantitative estimate of drug-likeness (QED) is 0.677. The predicted molar refractivity (Wildman–Crippen MR) is 92.6 cm³/mol. The molecule has 1 aliphatic carbocycles. The first-order chi connectivity index (χ1) is 12.2. The summed E-state index contributed by atoms with van der Waals surface area (Å²) in [5.41, 5.74) is 4.08. The van der Waals surface area contributed by atoms with Crippen LogP contribution in [0.25, 0.3) is 5.57 Å². The topological polar surface area (TPSA) is 84.5 Å². The van der Waals surface area contributed by atoms with Gasteiger partial charge in [0, 0.05) is 11.1 Å². The number of allylic oxidation sites excluding steroid dienone is 4. The molecule has 4 rings (SSSR count). The number of fused-ring (bicyclic) bond motifs is 1. The van der Waals surface area contributed by atoms with E-state index in [4.69, 9.17) is 5.84 Å². The van der Waals surface area contributed by atoms with E-state index in [2.05, 4.69) is 15.3 Å². The third kappa shape index (κ3) is 2.47. The smallest absolute Gasteiger partial charge is 0.262 e. The van der Waals surface area contributed by atoms with E-state index in [1.165, 1.54) is 22.3 Å². The van der Waals surface area contributed by atoms with Gasteiger partial charge in [-0.3, -0.25) is 4.79 Å². The van der Waals surface area contributed by atoms with E-state index in [1.807, 2.05) is 0 Å². The lowest BCUT2D eigenvalue weighted by Gasteiger charge is -2.21. The Bertz CT molecular complexity index is 975. The Hall–Kier alpha value is -3.13. The summed E-state index contributed by atoms with van der Waals surface area (Å²) < 4.78 is 14.1. The van der Waals surface area contributed by atoms with Crippen LogP contribution in [0.15, 0.2) is 64.4 Å². The number of nitrogens with two attached hydrogens (primary N) is 1. The Labute approximate surface area is 146 Å². The van der Waals surface area contributed by atoms with Crippen LogP contribution in [-0.4, -0.2) is 26.7 Å². The molecule has 0 unspecified atom stereocenters. The zero-order valence-electron chi connectivity index (χ0n) is 12.9. The molecule has 6 nitrogen and oxygen atoms in total. The van der Waals surface area contributed by atoms with Crippen molar-refractivity contribution in [1.29, 1.82) is 0 Å². The molecule has 0 saturated carbocycles. The fourth-order valence-electron chi connectivity index (χ4n) is 2.90. The molecule has 0 atom stereocenters. The fourth-order valence-corrected chi connectivity index (χ4v) is 3.50. The van der Waals surface area contributed by atoms with Gasteiger partial charge in [0.1, 0.15) is 11.3 Å². The van der Waals surface area contributed by atoms with E-state index in [-0.39, 0.29) is 18.3 Å². The summed E-state index contributed by atoms with van der Waals surface area (Å²) in [5.74, 6) is 4.86. The number of hydrogen-bond acceptors (Lipinski definition) is 6. The van der Waals surface area contributed by atoms with Crippen LogP contribution in [0.2, 0.25) is 0 Å². The average molecular weight is 353 g/mol. The standard InChI is InChI=1S/C17H12FN5OS/c18-11-5-2-1-4-10(11)8-23-13-7-3-6-12(21-19)14(13)15(17(23)24)16-22-20-9-25-16/h1-7,9H,8,19H2. The second kappa shape index (κ2) is 6.06. The lowest BCUT2D eigenvalue weighted by atomic mass is 9.99. The van der Waals surface area contributed by atoms with E-state index in [1.54, 1.807) is 41.9 Å². The fraction of sp³-hybridized carbons (Fsp3) is 0.0588. The zero-order valence-corrected chi connectivity index (χ0v) is 13.7. The van der Waals surface area contributed by atoms with Crippen LogP contribution in [0, 0.1) is 5.82 Å². The maximum absolute atomic E-state index is 14.1. The van der Waals surface area contributed by atoms with Gasteiger partial charge < -0.3 is 10.7 Å². The Balaban J connectivity index is 1.83. The molecule has 2 aromatic rings. The second-order valence-electron chi connectivity index (χ2n) is 5.40. The second-order valence-corrected chi connectivity index (χ2v) is 6.24. The maximum atomic E-state index is 14.1. The van der Waals surface area contributed by atoms with Gasteiger partial charge in [0.15, 0.2) is 5.01 Å². The van der Waals surface area contributed by atoms with Gasteiger partial charge in [-0.1, -0.05) is 35.6 Å². The van der Waals surface area contributed by atoms with Crippen molar-refractivity contribution in [3.63, 3.8) is 0 Å². The SMILES string of the molecule is NN=C1C=CC=C2C1=C(c1nncs1)C(=O)N2Cc1ccccc1F. The van der Waals surface area contributed by atoms with Crippen molar-refractivity contribution in [1.82, 2.24) is 15.1 Å². The number of hydrogen-bond donors (Lipinski definition) is 1. The summed E-state index contributed by atoms with van der Waals surface area (Å²) in [6, 6.07) is 6.38. The van der Waals surface area contributed by atoms with Crippen molar-refractivity contribution in [3.05, 3.63) is 75.7 Å². The normalized spacial score (nSPS) is 18.1. The lowest BCUT2D eigenvalue weighted by molar-refractivity contribution is -0.122. The molecule has 0 bridgehead atoms. The molecule has 1 aromatic heterocycles. The zero-order chi connectivity index (χ0) is 17.4. The van der Waals surface area contributed by atoms with Gasteiger partial charge in [-0.15, -0.1) is 10.2 Å². The lowest BCUT2D eigenvalue weighted by Crippen LogP contribution is -2.26. The van der Waals surface area contributed by atoms with Crippen molar-refractivity contribution >= 4 is 28.5 Å².